The highest BCUT2D eigenvalue weighted by molar-refractivity contribution is 6.09. The van der Waals surface area contributed by atoms with Crippen molar-refractivity contribution in [2.24, 2.45) is 0 Å². The fourth-order valence-electron chi connectivity index (χ4n) is 11.9. The average molecular weight is 1090 g/mol. The molecule has 7 heteroatoms. The molecule has 1 aliphatic rings. The molecule has 5 nitrogen and oxygen atoms in total. The predicted octanol–water partition coefficient (Wildman–Crippen LogP) is 21.6. The Morgan fingerprint density at radius 2 is 1.07 bits per heavy atom. The minimum atomic E-state index is -0.647. The lowest BCUT2D eigenvalue weighted by atomic mass is 9.82. The summed E-state index contributed by atoms with van der Waals surface area (Å²) in [6.45, 7) is 24.6. The molecule has 0 spiro atoms. The van der Waals surface area contributed by atoms with Crippen molar-refractivity contribution in [1.29, 1.82) is 0 Å². The highest BCUT2D eigenvalue weighted by Gasteiger charge is 2.40. The van der Waals surface area contributed by atoms with Crippen LogP contribution in [0.1, 0.15) is 128 Å². The molecule has 9 aromatic carbocycles. The zero-order valence-corrected chi connectivity index (χ0v) is 49.3. The minimum absolute atomic E-state index is 0.0781. The van der Waals surface area contributed by atoms with Crippen LogP contribution < -0.4 is 13.9 Å². The van der Waals surface area contributed by atoms with E-state index in [0.29, 0.717) is 22.6 Å². The van der Waals surface area contributed by atoms with Crippen LogP contribution in [-0.2, 0) is 5.41 Å². The normalized spacial score (nSPS) is 12.5. The van der Waals surface area contributed by atoms with Gasteiger partial charge >= 0.3 is 6.01 Å². The molecule has 0 bridgehead atoms. The van der Waals surface area contributed by atoms with Gasteiger partial charge in [-0.1, -0.05) is 173 Å². The topological polar surface area (TPSA) is 33.1 Å². The Balaban J connectivity index is 1.13. The summed E-state index contributed by atoms with van der Waals surface area (Å²) in [5.41, 5.74) is 18.9. The van der Waals surface area contributed by atoms with Gasteiger partial charge in [0.2, 0.25) is 11.4 Å². The highest BCUT2D eigenvalue weighted by Crippen LogP contribution is 2.48. The maximum absolute atomic E-state index is 15.5. The van der Waals surface area contributed by atoms with Crippen LogP contribution >= 0.6 is 0 Å². The Labute approximate surface area is 487 Å². The standard InChI is InChI=1S/C76H70F2N4O/c1-46(2)51-32-52(47(3)4)34-54(33-51)63-23-19-24-64(55-35-58(77)42-59(78)36-55)75(63)81-45-80(70-26-17-18-27-71(70)81)60-37-56(74-67(48(5)6)39-53(40-68(74)49(7)8)50-20-13-12-14-21-50)38-62(43-60)83-61-28-29-66-65-22-15-16-25-69(65)82(72(66)44-61)73-41-57(30-31-79-73)76(9,10)11/h12-44,46-49H,1-11H3/q+2. The summed E-state index contributed by atoms with van der Waals surface area (Å²) in [7, 11) is 0. The maximum Gasteiger partial charge on any atom is 0.503 e. The lowest BCUT2D eigenvalue weighted by Gasteiger charge is -2.23. The Kier molecular flexibility index (Phi) is 14.3. The number of hydrogen-bond donors (Lipinski definition) is 0. The van der Waals surface area contributed by atoms with E-state index in [1.54, 1.807) is 0 Å². The number of pyridine rings is 1. The van der Waals surface area contributed by atoms with Gasteiger partial charge in [0.1, 0.15) is 29.0 Å². The Hall–Kier alpha value is -9.03. The second kappa shape index (κ2) is 21.7. The van der Waals surface area contributed by atoms with Crippen LogP contribution in [0.2, 0.25) is 0 Å². The van der Waals surface area contributed by atoms with E-state index in [-0.39, 0.29) is 29.1 Å². The van der Waals surface area contributed by atoms with E-state index in [0.717, 1.165) is 78.7 Å². The summed E-state index contributed by atoms with van der Waals surface area (Å²) in [6, 6.07) is 69.9. The third-order valence-corrected chi connectivity index (χ3v) is 16.3. The van der Waals surface area contributed by atoms with Gasteiger partial charge in [-0.2, -0.15) is 0 Å². The second-order valence-electron chi connectivity index (χ2n) is 24.5. The van der Waals surface area contributed by atoms with Gasteiger partial charge in [0.15, 0.2) is 0 Å². The molecule has 12 rings (SSSR count). The van der Waals surface area contributed by atoms with Crippen molar-refractivity contribution in [2.75, 3.05) is 0 Å². The maximum atomic E-state index is 15.5. The summed E-state index contributed by atoms with van der Waals surface area (Å²) >= 11 is 0. The molecule has 0 atom stereocenters. The summed E-state index contributed by atoms with van der Waals surface area (Å²) in [6.07, 6.45) is 1.91. The molecule has 0 amide bonds. The lowest BCUT2D eigenvalue weighted by molar-refractivity contribution is 0.483. The molecule has 1 aliphatic heterocycles. The highest BCUT2D eigenvalue weighted by atomic mass is 19.1. The van der Waals surface area contributed by atoms with Gasteiger partial charge in [0.25, 0.3) is 11.4 Å². The summed E-state index contributed by atoms with van der Waals surface area (Å²) < 4.78 is 44.7. The van der Waals surface area contributed by atoms with Gasteiger partial charge in [-0.15, -0.1) is 0 Å². The molecule has 2 aromatic heterocycles. The van der Waals surface area contributed by atoms with E-state index < -0.39 is 11.6 Å². The first-order chi connectivity index (χ1) is 39.9. The zero-order chi connectivity index (χ0) is 58.0. The minimum Gasteiger partial charge on any atom is -0.457 e. The van der Waals surface area contributed by atoms with Crippen molar-refractivity contribution in [1.82, 2.24) is 18.7 Å². The first kappa shape index (κ1) is 54.6. The fourth-order valence-corrected chi connectivity index (χ4v) is 11.9. The van der Waals surface area contributed by atoms with Gasteiger partial charge in [-0.05, 0) is 160 Å². The van der Waals surface area contributed by atoms with E-state index in [2.05, 4.69) is 248 Å². The molecule has 0 radical (unpaired) electrons. The number of fused-ring (bicyclic) bond motifs is 4. The van der Waals surface area contributed by atoms with E-state index in [1.807, 2.05) is 30.5 Å². The molecule has 3 heterocycles. The number of halogens is 2. The van der Waals surface area contributed by atoms with Crippen molar-refractivity contribution >= 4 is 50.6 Å². The first-order valence-corrected chi connectivity index (χ1v) is 29.2. The smallest absolute Gasteiger partial charge is 0.457 e. The molecule has 0 fully saturated rings. The van der Waals surface area contributed by atoms with Crippen molar-refractivity contribution in [3.8, 4) is 61.8 Å². The van der Waals surface area contributed by atoms with Gasteiger partial charge in [-0.3, -0.25) is 4.57 Å². The quantitative estimate of drug-likeness (QED) is 0.108. The number of nitrogens with zero attached hydrogens (tertiary/aromatic N) is 4. The van der Waals surface area contributed by atoms with Crippen LogP contribution in [-0.4, -0.2) is 15.6 Å². The van der Waals surface area contributed by atoms with E-state index in [4.69, 9.17) is 9.72 Å². The molecule has 0 saturated heterocycles. The average Bonchev–Trinajstić information content (AvgIpc) is 3.88. The molecule has 11 aromatic rings. The van der Waals surface area contributed by atoms with E-state index in [9.17, 15) is 0 Å². The Morgan fingerprint density at radius 1 is 0.470 bits per heavy atom. The summed E-state index contributed by atoms with van der Waals surface area (Å²) in [5.74, 6) is 1.73. The molecule has 0 unspecified atom stereocenters. The third kappa shape index (κ3) is 10.4. The molecule has 83 heavy (non-hydrogen) atoms. The largest absolute Gasteiger partial charge is 0.503 e. The van der Waals surface area contributed by atoms with Gasteiger partial charge in [-0.25, -0.2) is 13.8 Å². The van der Waals surface area contributed by atoms with Crippen molar-refractivity contribution in [3.63, 3.8) is 0 Å². The number of rotatable bonds is 13. The second-order valence-corrected chi connectivity index (χ2v) is 24.5. The monoisotopic (exact) mass is 1090 g/mol. The van der Waals surface area contributed by atoms with Crippen LogP contribution in [0.25, 0.3) is 72.1 Å². The van der Waals surface area contributed by atoms with E-state index in [1.165, 1.54) is 51.1 Å². The van der Waals surface area contributed by atoms with E-state index >= 15 is 8.78 Å². The summed E-state index contributed by atoms with van der Waals surface area (Å²) in [5, 5.41) is 2.23. The van der Waals surface area contributed by atoms with Crippen LogP contribution in [0.4, 0.5) is 31.5 Å². The number of benzene rings is 9. The Morgan fingerprint density at radius 3 is 1.71 bits per heavy atom. The Bertz CT molecular complexity index is 4340. The van der Waals surface area contributed by atoms with Crippen LogP contribution in [0.5, 0.6) is 11.5 Å². The van der Waals surface area contributed by atoms with Crippen LogP contribution in [0.3, 0.4) is 0 Å². The molecule has 0 N–H and O–H groups in total. The molecule has 0 saturated carbocycles. The molecule has 0 aliphatic carbocycles. The van der Waals surface area contributed by atoms with Gasteiger partial charge < -0.3 is 4.74 Å². The molecular weight excluding hydrogens is 1020 g/mol. The fraction of sp³-hybridized carbons (Fsp3) is 0.211. The molecular formula is C76H70F2N4O+2. The molecule has 412 valence electrons. The zero-order valence-electron chi connectivity index (χ0n) is 49.3. The number of ether oxygens (including phenoxy) is 1. The summed E-state index contributed by atoms with van der Waals surface area (Å²) in [4.78, 5) is 4.97. The van der Waals surface area contributed by atoms with Crippen LogP contribution in [0, 0.1) is 11.6 Å². The van der Waals surface area contributed by atoms with Crippen molar-refractivity contribution < 1.29 is 13.5 Å². The number of aromatic nitrogens is 2. The van der Waals surface area contributed by atoms with Crippen molar-refractivity contribution in [2.45, 2.75) is 105 Å². The number of hydrogen-bond acceptors (Lipinski definition) is 2. The predicted molar refractivity (Wildman–Crippen MR) is 343 cm³/mol. The SMILES string of the molecule is CC(C)c1cc(-c2cccc(-c3cc(F)cc(F)c3)c2[N+]2=C=[N+](c3cc(Oc4ccc5c6ccccc6n(-c6cc(C(C)(C)C)ccn6)c5c4)cc(-c4c(C(C)C)cc(-c5ccccc5)cc4C(C)C)c3)c3ccccc32)cc(C(C)C)c1. The van der Waals surface area contributed by atoms with Crippen LogP contribution in [0.15, 0.2) is 200 Å². The lowest BCUT2D eigenvalue weighted by Crippen LogP contribution is -2.12. The first-order valence-electron chi connectivity index (χ1n) is 29.2. The van der Waals surface area contributed by atoms with Gasteiger partial charge in [0.05, 0.1) is 28.2 Å². The number of para-hydroxylation sites is 4. The third-order valence-electron chi connectivity index (χ3n) is 16.3. The van der Waals surface area contributed by atoms with Gasteiger partial charge in [0, 0.05) is 47.3 Å². The van der Waals surface area contributed by atoms with Crippen molar-refractivity contribution in [3.05, 3.63) is 240 Å².